The molecule has 0 heterocycles. The molecule has 0 aromatic carbocycles. The number of hydrogen-bond acceptors (Lipinski definition) is 4. The molecule has 14 heavy (non-hydrogen) atoms. The Balaban J connectivity index is 3.87. The van der Waals surface area contributed by atoms with Crippen LogP contribution in [0.15, 0.2) is 30.0 Å². The summed E-state index contributed by atoms with van der Waals surface area (Å²) in [5.74, 6) is 5.56. The van der Waals surface area contributed by atoms with Gasteiger partial charge >= 0.3 is 6.09 Å². The van der Waals surface area contributed by atoms with Crippen molar-refractivity contribution >= 4 is 12.3 Å². The van der Waals surface area contributed by atoms with Crippen molar-refractivity contribution in [2.24, 2.45) is 10.8 Å². The number of nitrogens with two attached hydrogens (primary N) is 1. The lowest BCUT2D eigenvalue weighted by Crippen LogP contribution is -2.38. The third-order valence-corrected chi connectivity index (χ3v) is 1.36. The molecule has 0 radical (unpaired) electrons. The van der Waals surface area contributed by atoms with Crippen LogP contribution in [-0.4, -0.2) is 30.9 Å². The number of ether oxygens (including phenoxy) is 1. The summed E-state index contributed by atoms with van der Waals surface area (Å²) in [7, 11) is 1.65. The Morgan fingerprint density at radius 3 is 2.86 bits per heavy atom. The predicted molar refractivity (Wildman–Crippen MR) is 55.7 cm³/mol. The lowest BCUT2D eigenvalue weighted by Gasteiger charge is -2.14. The van der Waals surface area contributed by atoms with E-state index in [1.807, 2.05) is 0 Å². The van der Waals surface area contributed by atoms with Crippen LogP contribution < -0.4 is 5.84 Å². The van der Waals surface area contributed by atoms with Crippen LogP contribution in [0, 0.1) is 0 Å². The number of allylic oxidation sites excluding steroid dienone is 1. The molecular weight excluding hydrogens is 182 g/mol. The number of rotatable bonds is 5. The molecule has 0 aromatic heterocycles. The zero-order valence-corrected chi connectivity index (χ0v) is 8.27. The van der Waals surface area contributed by atoms with Gasteiger partial charge in [0.15, 0.2) is 0 Å². The zero-order valence-electron chi connectivity index (χ0n) is 8.27. The van der Waals surface area contributed by atoms with Gasteiger partial charge in [-0.15, -0.1) is 0 Å². The average Bonchev–Trinajstić information content (AvgIpc) is 2.17. The molecule has 78 valence electrons. The van der Waals surface area contributed by atoms with Crippen molar-refractivity contribution in [2.45, 2.75) is 6.42 Å². The summed E-state index contributed by atoms with van der Waals surface area (Å²) >= 11 is 0. The van der Waals surface area contributed by atoms with Crippen LogP contribution >= 0.6 is 0 Å². The maximum Gasteiger partial charge on any atom is 0.429 e. The molecular formula is C9H15N3O2. The monoisotopic (exact) mass is 197 g/mol. The Labute approximate surface area is 83.5 Å². The Hall–Kier alpha value is -1.62. The van der Waals surface area contributed by atoms with Gasteiger partial charge in [-0.1, -0.05) is 13.2 Å². The highest BCUT2D eigenvalue weighted by Gasteiger charge is 2.09. The number of nitrogens with zero attached hydrogens (tertiary/aromatic N) is 2. The highest BCUT2D eigenvalue weighted by Crippen LogP contribution is 1.98. The molecule has 2 N–H and O–H groups in total. The Morgan fingerprint density at radius 2 is 2.36 bits per heavy atom. The van der Waals surface area contributed by atoms with Gasteiger partial charge in [0, 0.05) is 26.2 Å². The summed E-state index contributed by atoms with van der Waals surface area (Å²) in [5.41, 5.74) is 0. The summed E-state index contributed by atoms with van der Waals surface area (Å²) in [6.45, 7) is 7.16. The van der Waals surface area contributed by atoms with Gasteiger partial charge in [-0.25, -0.2) is 15.6 Å². The van der Waals surface area contributed by atoms with Gasteiger partial charge in [-0.05, 0) is 6.08 Å². The summed E-state index contributed by atoms with van der Waals surface area (Å²) in [5, 5.41) is 0.955. The molecule has 0 unspecified atom stereocenters. The van der Waals surface area contributed by atoms with Crippen LogP contribution in [-0.2, 0) is 4.74 Å². The van der Waals surface area contributed by atoms with Crippen molar-refractivity contribution in [3.05, 3.63) is 25.0 Å². The quantitative estimate of drug-likeness (QED) is 0.179. The molecule has 5 nitrogen and oxygen atoms in total. The van der Waals surface area contributed by atoms with Crippen molar-refractivity contribution in [1.29, 1.82) is 0 Å². The van der Waals surface area contributed by atoms with E-state index in [9.17, 15) is 4.79 Å². The van der Waals surface area contributed by atoms with Crippen molar-refractivity contribution < 1.29 is 9.53 Å². The van der Waals surface area contributed by atoms with Crippen molar-refractivity contribution in [1.82, 2.24) is 5.01 Å². The molecule has 0 aromatic rings. The number of hydrogen-bond donors (Lipinski definition) is 1. The lowest BCUT2D eigenvalue weighted by molar-refractivity contribution is 0.133. The SMILES string of the molecule is C=CC(=C)OC(=O)N(N)CC/C=N\C. The summed E-state index contributed by atoms with van der Waals surface area (Å²) in [6.07, 6.45) is 2.93. The Bertz CT molecular complexity index is 248. The van der Waals surface area contributed by atoms with Crippen molar-refractivity contribution in [2.75, 3.05) is 13.6 Å². The first-order valence-corrected chi connectivity index (χ1v) is 4.07. The van der Waals surface area contributed by atoms with E-state index in [1.165, 1.54) is 6.08 Å². The first-order valence-electron chi connectivity index (χ1n) is 4.07. The molecule has 0 atom stereocenters. The summed E-state index contributed by atoms with van der Waals surface area (Å²) < 4.78 is 4.70. The number of carbonyl (C=O) groups is 1. The Morgan fingerprint density at radius 1 is 1.71 bits per heavy atom. The van der Waals surface area contributed by atoms with Crippen LogP contribution in [0.25, 0.3) is 0 Å². The number of aliphatic imine (C=N–C) groups is 1. The van der Waals surface area contributed by atoms with Crippen molar-refractivity contribution in [3.8, 4) is 0 Å². The van der Waals surface area contributed by atoms with Gasteiger partial charge in [-0.2, -0.15) is 0 Å². The van der Waals surface area contributed by atoms with E-state index < -0.39 is 6.09 Å². The maximum atomic E-state index is 11.1. The third kappa shape index (κ3) is 5.10. The van der Waals surface area contributed by atoms with Crippen LogP contribution in [0.1, 0.15) is 6.42 Å². The fourth-order valence-electron chi connectivity index (χ4n) is 0.630. The van der Waals surface area contributed by atoms with Crippen LogP contribution in [0.3, 0.4) is 0 Å². The number of carbonyl (C=O) groups excluding carboxylic acids is 1. The van der Waals surface area contributed by atoms with Crippen LogP contribution in [0.5, 0.6) is 0 Å². The topological polar surface area (TPSA) is 67.9 Å². The molecule has 0 rings (SSSR count). The minimum Gasteiger partial charge on any atom is -0.410 e. The molecule has 0 aliphatic heterocycles. The molecule has 0 saturated carbocycles. The maximum absolute atomic E-state index is 11.1. The second-order valence-corrected chi connectivity index (χ2v) is 2.46. The van der Waals surface area contributed by atoms with E-state index in [-0.39, 0.29) is 5.76 Å². The molecule has 0 aliphatic rings. The summed E-state index contributed by atoms with van der Waals surface area (Å²) in [4.78, 5) is 14.9. The van der Waals surface area contributed by atoms with E-state index >= 15 is 0 Å². The van der Waals surface area contributed by atoms with Crippen molar-refractivity contribution in [3.63, 3.8) is 0 Å². The smallest absolute Gasteiger partial charge is 0.410 e. The number of hydrazine groups is 1. The van der Waals surface area contributed by atoms with E-state index in [0.717, 1.165) is 5.01 Å². The van der Waals surface area contributed by atoms with Gasteiger partial charge in [0.05, 0.1) is 0 Å². The largest absolute Gasteiger partial charge is 0.429 e. The van der Waals surface area contributed by atoms with E-state index in [2.05, 4.69) is 18.2 Å². The predicted octanol–water partition coefficient (Wildman–Crippen LogP) is 1.09. The molecule has 5 heteroatoms. The minimum atomic E-state index is -0.653. The lowest BCUT2D eigenvalue weighted by atomic mass is 10.4. The molecule has 0 spiro atoms. The fraction of sp³-hybridized carbons (Fsp3) is 0.333. The molecule has 0 aliphatic carbocycles. The standard InChI is InChI=1S/C9H15N3O2/c1-4-8(2)14-9(13)12(10)7-5-6-11-3/h4,6H,1-2,5,7,10H2,3H3/b11-6-. The van der Waals surface area contributed by atoms with E-state index in [4.69, 9.17) is 10.6 Å². The second-order valence-electron chi connectivity index (χ2n) is 2.46. The summed E-state index contributed by atoms with van der Waals surface area (Å²) in [6, 6.07) is 0. The zero-order chi connectivity index (χ0) is 11.0. The minimum absolute atomic E-state index is 0.176. The van der Waals surface area contributed by atoms with E-state index in [0.29, 0.717) is 13.0 Å². The second kappa shape index (κ2) is 6.85. The molecule has 1 amide bonds. The molecule has 0 bridgehead atoms. The molecule has 0 saturated heterocycles. The average molecular weight is 197 g/mol. The van der Waals surface area contributed by atoms with Gasteiger partial charge in [0.1, 0.15) is 5.76 Å². The highest BCUT2D eigenvalue weighted by molar-refractivity contribution is 5.69. The van der Waals surface area contributed by atoms with Gasteiger partial charge < -0.3 is 9.73 Å². The first kappa shape index (κ1) is 12.4. The molecule has 0 fully saturated rings. The van der Waals surface area contributed by atoms with Crippen LogP contribution in [0.2, 0.25) is 0 Å². The van der Waals surface area contributed by atoms with Gasteiger partial charge in [-0.3, -0.25) is 0 Å². The van der Waals surface area contributed by atoms with Gasteiger partial charge in [0.25, 0.3) is 0 Å². The first-order chi connectivity index (χ1) is 6.61. The third-order valence-electron chi connectivity index (χ3n) is 1.36. The normalized spacial score (nSPS) is 9.86. The van der Waals surface area contributed by atoms with Crippen LogP contribution in [0.4, 0.5) is 4.79 Å². The fourth-order valence-corrected chi connectivity index (χ4v) is 0.630. The Kier molecular flexibility index (Phi) is 6.06. The van der Waals surface area contributed by atoms with Gasteiger partial charge in [0.2, 0.25) is 0 Å². The van der Waals surface area contributed by atoms with E-state index in [1.54, 1.807) is 13.3 Å². The number of amides is 1. The highest BCUT2D eigenvalue weighted by atomic mass is 16.6.